The summed E-state index contributed by atoms with van der Waals surface area (Å²) in [6.07, 6.45) is 0. The largest absolute Gasteiger partial charge is 0.348 e. The quantitative estimate of drug-likeness (QED) is 0.841. The van der Waals surface area contributed by atoms with E-state index in [-0.39, 0.29) is 24.3 Å². The number of nitrogens with one attached hydrogen (secondary N) is 2. The molecule has 7 heteroatoms. The minimum absolute atomic E-state index is 0.0606. The number of carbonyl (C=O) groups is 2. The molecular formula is C17H22N4O3. The van der Waals surface area contributed by atoms with E-state index >= 15 is 0 Å². The molecule has 1 heterocycles. The molecule has 0 radical (unpaired) electrons. The van der Waals surface area contributed by atoms with Crippen LogP contribution >= 0.6 is 0 Å². The lowest BCUT2D eigenvalue weighted by atomic mass is 10.0. The highest BCUT2D eigenvalue weighted by Crippen LogP contribution is 2.10. The summed E-state index contributed by atoms with van der Waals surface area (Å²) in [5, 5.41) is 13.0. The van der Waals surface area contributed by atoms with Crippen LogP contribution in [0.1, 0.15) is 41.2 Å². The van der Waals surface area contributed by atoms with Gasteiger partial charge in [-0.3, -0.25) is 9.59 Å². The van der Waals surface area contributed by atoms with Crippen LogP contribution in [0.4, 0.5) is 0 Å². The van der Waals surface area contributed by atoms with Crippen molar-refractivity contribution in [3.05, 3.63) is 46.8 Å². The van der Waals surface area contributed by atoms with Crippen molar-refractivity contribution in [3.63, 3.8) is 0 Å². The van der Waals surface area contributed by atoms with E-state index in [1.807, 2.05) is 32.9 Å². The Morgan fingerprint density at radius 1 is 1.17 bits per heavy atom. The summed E-state index contributed by atoms with van der Waals surface area (Å²) in [6, 6.07) is 6.63. The van der Waals surface area contributed by atoms with Crippen LogP contribution in [0.25, 0.3) is 0 Å². The summed E-state index contributed by atoms with van der Waals surface area (Å²) in [7, 11) is 0. The van der Waals surface area contributed by atoms with E-state index in [4.69, 9.17) is 0 Å². The molecule has 1 atom stereocenters. The molecule has 0 aliphatic carbocycles. The first-order chi connectivity index (χ1) is 11.4. The first kappa shape index (κ1) is 17.7. The van der Waals surface area contributed by atoms with E-state index in [2.05, 4.69) is 25.6 Å². The fourth-order valence-corrected chi connectivity index (χ4v) is 2.27. The molecule has 1 aromatic heterocycles. The van der Waals surface area contributed by atoms with Gasteiger partial charge in [0, 0.05) is 5.56 Å². The molecular weight excluding hydrogens is 308 g/mol. The van der Waals surface area contributed by atoms with Crippen LogP contribution in [0.3, 0.4) is 0 Å². The smallest absolute Gasteiger partial charge is 0.252 e. The van der Waals surface area contributed by atoms with Crippen LogP contribution in [-0.4, -0.2) is 28.2 Å². The molecule has 0 bridgehead atoms. The van der Waals surface area contributed by atoms with E-state index < -0.39 is 6.04 Å². The molecule has 0 spiro atoms. The Balaban J connectivity index is 2.03. The molecule has 2 N–H and O–H groups in total. The number of aryl methyl sites for hydroxylation is 2. The second-order valence-electron chi connectivity index (χ2n) is 6.02. The lowest BCUT2D eigenvalue weighted by Gasteiger charge is -2.22. The van der Waals surface area contributed by atoms with E-state index in [0.29, 0.717) is 17.0 Å². The number of hydrogen-bond donors (Lipinski definition) is 2. The van der Waals surface area contributed by atoms with Gasteiger partial charge in [0.25, 0.3) is 5.91 Å². The predicted octanol–water partition coefficient (Wildman–Crippen LogP) is 1.76. The van der Waals surface area contributed by atoms with Crippen LogP contribution in [0.15, 0.2) is 28.9 Å². The number of benzene rings is 1. The molecule has 0 aliphatic rings. The zero-order chi connectivity index (χ0) is 17.7. The third-order valence-electron chi connectivity index (χ3n) is 3.80. The van der Waals surface area contributed by atoms with Crippen molar-refractivity contribution < 1.29 is 14.2 Å². The SMILES string of the molecule is Cc1ccccc1C(=O)N[C@@H](C(=O)NCc1nonc1C)C(C)C. The summed E-state index contributed by atoms with van der Waals surface area (Å²) < 4.78 is 4.60. The fourth-order valence-electron chi connectivity index (χ4n) is 2.27. The molecule has 1 aromatic carbocycles. The molecule has 0 unspecified atom stereocenters. The van der Waals surface area contributed by atoms with E-state index in [9.17, 15) is 9.59 Å². The highest BCUT2D eigenvalue weighted by Gasteiger charge is 2.25. The van der Waals surface area contributed by atoms with Gasteiger partial charge >= 0.3 is 0 Å². The standard InChI is InChI=1S/C17H22N4O3/c1-10(2)15(17(23)18-9-14-12(4)20-24-21-14)19-16(22)13-8-6-5-7-11(13)3/h5-8,10,15H,9H2,1-4H3,(H,18,23)(H,19,22)/t15-/m1/s1. The van der Waals surface area contributed by atoms with Crippen LogP contribution in [0.2, 0.25) is 0 Å². The van der Waals surface area contributed by atoms with Crippen molar-refractivity contribution in [3.8, 4) is 0 Å². The Morgan fingerprint density at radius 2 is 1.88 bits per heavy atom. The fraction of sp³-hybridized carbons (Fsp3) is 0.412. The number of amides is 2. The molecule has 128 valence electrons. The Labute approximate surface area is 140 Å². The molecule has 2 aromatic rings. The third-order valence-corrected chi connectivity index (χ3v) is 3.80. The van der Waals surface area contributed by atoms with Crippen molar-refractivity contribution in [2.45, 2.75) is 40.3 Å². The Morgan fingerprint density at radius 3 is 2.46 bits per heavy atom. The summed E-state index contributed by atoms with van der Waals surface area (Å²) in [5.41, 5.74) is 2.62. The summed E-state index contributed by atoms with van der Waals surface area (Å²) >= 11 is 0. The first-order valence-electron chi connectivity index (χ1n) is 7.82. The summed E-state index contributed by atoms with van der Waals surface area (Å²) in [6.45, 7) is 7.58. The zero-order valence-corrected chi connectivity index (χ0v) is 14.3. The van der Waals surface area contributed by atoms with Crippen LogP contribution in [0, 0.1) is 19.8 Å². The first-order valence-corrected chi connectivity index (χ1v) is 7.82. The zero-order valence-electron chi connectivity index (χ0n) is 14.3. The number of hydrogen-bond acceptors (Lipinski definition) is 5. The number of carbonyl (C=O) groups excluding carboxylic acids is 2. The lowest BCUT2D eigenvalue weighted by molar-refractivity contribution is -0.124. The van der Waals surface area contributed by atoms with Gasteiger partial charge in [0.1, 0.15) is 17.4 Å². The van der Waals surface area contributed by atoms with E-state index in [0.717, 1.165) is 5.56 Å². The summed E-state index contributed by atoms with van der Waals surface area (Å²) in [5.74, 6) is -0.593. The monoisotopic (exact) mass is 330 g/mol. The maximum Gasteiger partial charge on any atom is 0.252 e. The molecule has 0 saturated heterocycles. The highest BCUT2D eigenvalue weighted by molar-refractivity contribution is 5.98. The topological polar surface area (TPSA) is 97.1 Å². The minimum atomic E-state index is -0.641. The van der Waals surface area contributed by atoms with E-state index in [1.54, 1.807) is 19.1 Å². The number of nitrogens with zero attached hydrogens (tertiary/aromatic N) is 2. The Bertz CT molecular complexity index is 724. The van der Waals surface area contributed by atoms with Gasteiger partial charge < -0.3 is 10.6 Å². The van der Waals surface area contributed by atoms with Crippen molar-refractivity contribution >= 4 is 11.8 Å². The van der Waals surface area contributed by atoms with Gasteiger partial charge in [0.05, 0.1) is 6.54 Å². The van der Waals surface area contributed by atoms with Crippen LogP contribution < -0.4 is 10.6 Å². The van der Waals surface area contributed by atoms with Crippen LogP contribution in [0.5, 0.6) is 0 Å². The second-order valence-corrected chi connectivity index (χ2v) is 6.02. The molecule has 2 amide bonds. The predicted molar refractivity (Wildman–Crippen MR) is 88.2 cm³/mol. The highest BCUT2D eigenvalue weighted by atomic mass is 16.6. The van der Waals surface area contributed by atoms with Gasteiger partial charge in [0.15, 0.2) is 0 Å². The lowest BCUT2D eigenvalue weighted by Crippen LogP contribution is -2.49. The number of aromatic nitrogens is 2. The van der Waals surface area contributed by atoms with Gasteiger partial charge in [-0.1, -0.05) is 42.4 Å². The Hall–Kier alpha value is -2.70. The minimum Gasteiger partial charge on any atom is -0.348 e. The molecule has 2 rings (SSSR count). The molecule has 0 fully saturated rings. The normalized spacial score (nSPS) is 12.0. The van der Waals surface area contributed by atoms with Crippen molar-refractivity contribution in [2.75, 3.05) is 0 Å². The van der Waals surface area contributed by atoms with Crippen molar-refractivity contribution in [2.24, 2.45) is 5.92 Å². The van der Waals surface area contributed by atoms with E-state index in [1.165, 1.54) is 0 Å². The van der Waals surface area contributed by atoms with Crippen LogP contribution in [-0.2, 0) is 11.3 Å². The molecule has 0 saturated carbocycles. The van der Waals surface area contributed by atoms with Gasteiger partial charge in [-0.15, -0.1) is 0 Å². The van der Waals surface area contributed by atoms with Gasteiger partial charge in [-0.05, 0) is 31.4 Å². The maximum atomic E-state index is 12.4. The molecule has 0 aliphatic heterocycles. The average Bonchev–Trinajstić information content (AvgIpc) is 2.95. The summed E-state index contributed by atoms with van der Waals surface area (Å²) in [4.78, 5) is 24.9. The van der Waals surface area contributed by atoms with Gasteiger partial charge in [0.2, 0.25) is 5.91 Å². The maximum absolute atomic E-state index is 12.4. The van der Waals surface area contributed by atoms with Gasteiger partial charge in [-0.2, -0.15) is 0 Å². The Kier molecular flexibility index (Phi) is 5.68. The number of rotatable bonds is 6. The molecule has 7 nitrogen and oxygen atoms in total. The van der Waals surface area contributed by atoms with Gasteiger partial charge in [-0.25, -0.2) is 4.63 Å². The third kappa shape index (κ3) is 4.18. The second kappa shape index (κ2) is 7.72. The van der Waals surface area contributed by atoms with Crippen molar-refractivity contribution in [1.29, 1.82) is 0 Å². The molecule has 24 heavy (non-hydrogen) atoms. The average molecular weight is 330 g/mol. The van der Waals surface area contributed by atoms with Crippen molar-refractivity contribution in [1.82, 2.24) is 20.9 Å².